The van der Waals surface area contributed by atoms with Gasteiger partial charge in [0.1, 0.15) is 5.75 Å². The number of hydrogen-bond acceptors (Lipinski definition) is 6. The standard InChI is InChI=1S/C25H25N5O4/c1-2-34-19-9-7-18(8-10-19)21-11-12-24(32)30(28-21)16-14-26-23(31)13-15-29-17-27-22-6-4-3-5-20(22)25(29)33/h3-12,17H,2,13-16H2,1H3,(H,26,31). The number of benzene rings is 2. The summed E-state index contributed by atoms with van der Waals surface area (Å²) in [6.07, 6.45) is 1.57. The molecule has 0 saturated heterocycles. The number of fused-ring (bicyclic) bond motifs is 1. The van der Waals surface area contributed by atoms with Crippen molar-refractivity contribution in [3.05, 3.63) is 87.7 Å². The third-order valence-corrected chi connectivity index (χ3v) is 5.28. The van der Waals surface area contributed by atoms with E-state index in [2.05, 4.69) is 15.4 Å². The molecular formula is C25H25N5O4. The van der Waals surface area contributed by atoms with Crippen molar-refractivity contribution in [3.8, 4) is 17.0 Å². The number of aryl methyl sites for hydroxylation is 1. The number of nitrogens with zero attached hydrogens (tertiary/aromatic N) is 4. The number of aromatic nitrogens is 4. The summed E-state index contributed by atoms with van der Waals surface area (Å²) in [5.41, 5.74) is 1.70. The lowest BCUT2D eigenvalue weighted by atomic mass is 10.1. The lowest BCUT2D eigenvalue weighted by Crippen LogP contribution is -2.33. The molecule has 4 rings (SSSR count). The maximum atomic E-state index is 12.5. The second-order valence-corrected chi connectivity index (χ2v) is 7.60. The number of carbonyl (C=O) groups is 1. The average Bonchev–Trinajstić information content (AvgIpc) is 2.86. The first-order chi connectivity index (χ1) is 16.5. The molecule has 1 N–H and O–H groups in total. The van der Waals surface area contributed by atoms with Crippen molar-refractivity contribution >= 4 is 16.8 Å². The Labute approximate surface area is 195 Å². The SMILES string of the molecule is CCOc1ccc(-c2ccc(=O)n(CCNC(=O)CCn3cnc4ccccc4c3=O)n2)cc1. The monoisotopic (exact) mass is 459 g/mol. The summed E-state index contributed by atoms with van der Waals surface area (Å²) in [4.78, 5) is 41.2. The molecule has 0 fully saturated rings. The quantitative estimate of drug-likeness (QED) is 0.411. The molecule has 0 aliphatic rings. The van der Waals surface area contributed by atoms with Crippen LogP contribution in [0.3, 0.4) is 0 Å². The molecule has 174 valence electrons. The Kier molecular flexibility index (Phi) is 7.12. The maximum Gasteiger partial charge on any atom is 0.266 e. The van der Waals surface area contributed by atoms with Crippen LogP contribution in [0, 0.1) is 0 Å². The third-order valence-electron chi connectivity index (χ3n) is 5.28. The van der Waals surface area contributed by atoms with Gasteiger partial charge in [-0.2, -0.15) is 5.10 Å². The van der Waals surface area contributed by atoms with Crippen LogP contribution in [0.2, 0.25) is 0 Å². The van der Waals surface area contributed by atoms with Gasteiger partial charge in [0.05, 0.1) is 36.1 Å². The fraction of sp³-hybridized carbons (Fsp3) is 0.240. The van der Waals surface area contributed by atoms with Crippen molar-refractivity contribution in [1.29, 1.82) is 0 Å². The van der Waals surface area contributed by atoms with Crippen LogP contribution in [0.25, 0.3) is 22.2 Å². The van der Waals surface area contributed by atoms with Crippen LogP contribution in [0.5, 0.6) is 5.75 Å². The van der Waals surface area contributed by atoms with Crippen molar-refractivity contribution in [2.75, 3.05) is 13.2 Å². The van der Waals surface area contributed by atoms with Gasteiger partial charge in [0.25, 0.3) is 11.1 Å². The number of ether oxygens (including phenoxy) is 1. The molecule has 9 heteroatoms. The Morgan fingerprint density at radius 3 is 2.59 bits per heavy atom. The summed E-state index contributed by atoms with van der Waals surface area (Å²) in [5, 5.41) is 7.70. The van der Waals surface area contributed by atoms with Crippen LogP contribution >= 0.6 is 0 Å². The van der Waals surface area contributed by atoms with E-state index in [0.29, 0.717) is 23.2 Å². The van der Waals surface area contributed by atoms with Crippen molar-refractivity contribution in [1.82, 2.24) is 24.6 Å². The number of amides is 1. The van der Waals surface area contributed by atoms with E-state index in [-0.39, 0.29) is 43.1 Å². The predicted octanol–water partition coefficient (Wildman–Crippen LogP) is 2.23. The van der Waals surface area contributed by atoms with Crippen molar-refractivity contribution in [2.45, 2.75) is 26.4 Å². The van der Waals surface area contributed by atoms with Crippen LogP contribution in [-0.2, 0) is 17.9 Å². The Bertz CT molecular complexity index is 1410. The first-order valence-electron chi connectivity index (χ1n) is 11.1. The van der Waals surface area contributed by atoms with E-state index in [4.69, 9.17) is 4.74 Å². The van der Waals surface area contributed by atoms with E-state index in [1.165, 1.54) is 21.6 Å². The fourth-order valence-electron chi connectivity index (χ4n) is 3.53. The van der Waals surface area contributed by atoms with E-state index in [1.807, 2.05) is 37.3 Å². The molecular weight excluding hydrogens is 434 g/mol. The second-order valence-electron chi connectivity index (χ2n) is 7.60. The summed E-state index contributed by atoms with van der Waals surface area (Å²) in [6.45, 7) is 3.19. The van der Waals surface area contributed by atoms with Gasteiger partial charge in [-0.25, -0.2) is 9.67 Å². The second kappa shape index (κ2) is 10.6. The molecule has 0 saturated carbocycles. The summed E-state index contributed by atoms with van der Waals surface area (Å²) in [7, 11) is 0. The van der Waals surface area contributed by atoms with Crippen LogP contribution in [0.15, 0.2) is 76.6 Å². The zero-order chi connectivity index (χ0) is 23.9. The molecule has 0 aliphatic heterocycles. The van der Waals surface area contributed by atoms with Crippen LogP contribution in [0.4, 0.5) is 0 Å². The lowest BCUT2D eigenvalue weighted by molar-refractivity contribution is -0.121. The molecule has 1 amide bonds. The van der Waals surface area contributed by atoms with E-state index in [0.717, 1.165) is 11.3 Å². The minimum atomic E-state index is -0.252. The number of rotatable bonds is 9. The molecule has 0 radical (unpaired) electrons. The van der Waals surface area contributed by atoms with Gasteiger partial charge in [-0.05, 0) is 49.4 Å². The minimum absolute atomic E-state index is 0.120. The van der Waals surface area contributed by atoms with E-state index >= 15 is 0 Å². The van der Waals surface area contributed by atoms with Gasteiger partial charge in [-0.15, -0.1) is 0 Å². The molecule has 0 spiro atoms. The zero-order valence-electron chi connectivity index (χ0n) is 18.8. The molecule has 9 nitrogen and oxygen atoms in total. The van der Waals surface area contributed by atoms with Crippen molar-refractivity contribution < 1.29 is 9.53 Å². The molecule has 0 unspecified atom stereocenters. The highest BCUT2D eigenvalue weighted by atomic mass is 16.5. The van der Waals surface area contributed by atoms with E-state index in [9.17, 15) is 14.4 Å². The molecule has 0 aliphatic carbocycles. The normalized spacial score (nSPS) is 10.9. The lowest BCUT2D eigenvalue weighted by Gasteiger charge is -2.10. The van der Waals surface area contributed by atoms with Gasteiger partial charge in [0.2, 0.25) is 5.91 Å². The molecule has 2 aromatic heterocycles. The number of para-hydroxylation sites is 1. The largest absolute Gasteiger partial charge is 0.494 e. The van der Waals surface area contributed by atoms with E-state index in [1.54, 1.807) is 24.3 Å². The summed E-state index contributed by atoms with van der Waals surface area (Å²) >= 11 is 0. The van der Waals surface area contributed by atoms with Crippen molar-refractivity contribution in [2.24, 2.45) is 0 Å². The number of carbonyl (C=O) groups excluding carboxylic acids is 1. The first kappa shape index (κ1) is 22.9. The van der Waals surface area contributed by atoms with Gasteiger partial charge in [0.15, 0.2) is 0 Å². The first-order valence-corrected chi connectivity index (χ1v) is 11.1. The zero-order valence-corrected chi connectivity index (χ0v) is 18.8. The predicted molar refractivity (Wildman–Crippen MR) is 129 cm³/mol. The van der Waals surface area contributed by atoms with Gasteiger partial charge in [-0.1, -0.05) is 12.1 Å². The van der Waals surface area contributed by atoms with Crippen LogP contribution in [-0.4, -0.2) is 38.4 Å². The summed E-state index contributed by atoms with van der Waals surface area (Å²) in [5.74, 6) is 0.541. The smallest absolute Gasteiger partial charge is 0.266 e. The minimum Gasteiger partial charge on any atom is -0.494 e. The Morgan fingerprint density at radius 1 is 1.00 bits per heavy atom. The van der Waals surface area contributed by atoms with Gasteiger partial charge < -0.3 is 10.1 Å². The molecule has 34 heavy (non-hydrogen) atoms. The van der Waals surface area contributed by atoms with Gasteiger partial charge in [0, 0.05) is 31.1 Å². The topological polar surface area (TPSA) is 108 Å². The molecule has 0 atom stereocenters. The molecule has 2 heterocycles. The fourth-order valence-corrected chi connectivity index (χ4v) is 3.53. The Balaban J connectivity index is 1.33. The molecule has 0 bridgehead atoms. The number of hydrogen-bond donors (Lipinski definition) is 1. The van der Waals surface area contributed by atoms with E-state index < -0.39 is 0 Å². The van der Waals surface area contributed by atoms with Crippen molar-refractivity contribution in [3.63, 3.8) is 0 Å². The number of nitrogens with one attached hydrogen (secondary N) is 1. The van der Waals surface area contributed by atoms with Crippen LogP contribution < -0.4 is 21.2 Å². The maximum absolute atomic E-state index is 12.5. The summed E-state index contributed by atoms with van der Waals surface area (Å²) < 4.78 is 8.20. The van der Waals surface area contributed by atoms with Gasteiger partial charge >= 0.3 is 0 Å². The average molecular weight is 460 g/mol. The third kappa shape index (κ3) is 5.37. The molecule has 4 aromatic rings. The highest BCUT2D eigenvalue weighted by Gasteiger charge is 2.08. The van der Waals surface area contributed by atoms with Crippen LogP contribution in [0.1, 0.15) is 13.3 Å². The highest BCUT2D eigenvalue weighted by Crippen LogP contribution is 2.19. The van der Waals surface area contributed by atoms with Gasteiger partial charge in [-0.3, -0.25) is 19.0 Å². The Morgan fingerprint density at radius 2 is 1.79 bits per heavy atom. The molecule has 2 aromatic carbocycles. The highest BCUT2D eigenvalue weighted by molar-refractivity contribution is 5.77. The Hall–Kier alpha value is -4.27. The summed E-state index contributed by atoms with van der Waals surface area (Å²) in [6, 6.07) is 17.7.